The highest BCUT2D eigenvalue weighted by atomic mass is 31.1. The van der Waals surface area contributed by atoms with Crippen LogP contribution in [0.1, 0.15) is 20.3 Å². The standard InChI is InChI=1S/C23H24NOP/c1-17(2)21-16-25-23(24-21)20-14-9-15-22(20)26(18-10-5-3-6-11-18)19-12-7-4-8-13-19/h3-8,10-15,17,21H,9,16H2,1-2H3/t21-/m0/s1. The average molecular weight is 361 g/mol. The number of allylic oxidation sites excluding steroid dienone is 2. The molecular formula is C23H24NOP. The van der Waals surface area contributed by atoms with E-state index in [9.17, 15) is 0 Å². The van der Waals surface area contributed by atoms with E-state index >= 15 is 0 Å². The number of hydrogen-bond donors (Lipinski definition) is 0. The number of nitrogens with zero attached hydrogens (tertiary/aromatic N) is 1. The molecule has 0 unspecified atom stereocenters. The van der Waals surface area contributed by atoms with Gasteiger partial charge < -0.3 is 4.74 Å². The molecule has 1 atom stereocenters. The maximum absolute atomic E-state index is 6.01. The minimum absolute atomic E-state index is 0.271. The van der Waals surface area contributed by atoms with E-state index in [4.69, 9.17) is 9.73 Å². The quantitative estimate of drug-likeness (QED) is 0.702. The van der Waals surface area contributed by atoms with Gasteiger partial charge in [-0.05, 0) is 36.2 Å². The van der Waals surface area contributed by atoms with Crippen molar-refractivity contribution in [1.82, 2.24) is 0 Å². The van der Waals surface area contributed by atoms with Gasteiger partial charge in [0, 0.05) is 5.57 Å². The van der Waals surface area contributed by atoms with Gasteiger partial charge in [-0.1, -0.05) is 86.7 Å². The van der Waals surface area contributed by atoms with Crippen LogP contribution in [0.3, 0.4) is 0 Å². The summed E-state index contributed by atoms with van der Waals surface area (Å²) in [5, 5.41) is 4.11. The van der Waals surface area contributed by atoms with Crippen LogP contribution in [0.2, 0.25) is 0 Å². The van der Waals surface area contributed by atoms with Crippen LogP contribution in [0.5, 0.6) is 0 Å². The molecule has 0 saturated carbocycles. The second-order valence-corrected chi connectivity index (χ2v) is 9.19. The first-order valence-electron chi connectivity index (χ1n) is 9.26. The highest BCUT2D eigenvalue weighted by Crippen LogP contribution is 2.49. The molecule has 0 saturated heterocycles. The Bertz CT molecular complexity index is 813. The molecule has 2 nitrogen and oxygen atoms in total. The molecule has 0 bridgehead atoms. The minimum atomic E-state index is -0.605. The molecule has 1 heterocycles. The van der Waals surface area contributed by atoms with Gasteiger partial charge in [-0.15, -0.1) is 0 Å². The van der Waals surface area contributed by atoms with Gasteiger partial charge in [0.1, 0.15) is 6.61 Å². The third-order valence-electron chi connectivity index (χ3n) is 4.85. The number of hydrogen-bond acceptors (Lipinski definition) is 2. The van der Waals surface area contributed by atoms with E-state index in [1.807, 2.05) is 0 Å². The van der Waals surface area contributed by atoms with E-state index in [0.29, 0.717) is 12.5 Å². The zero-order valence-electron chi connectivity index (χ0n) is 15.3. The van der Waals surface area contributed by atoms with Crippen LogP contribution in [-0.4, -0.2) is 18.5 Å². The lowest BCUT2D eigenvalue weighted by atomic mass is 10.1. The minimum Gasteiger partial charge on any atom is -0.475 e. The summed E-state index contributed by atoms with van der Waals surface area (Å²) in [6.07, 6.45) is 5.59. The van der Waals surface area contributed by atoms with E-state index < -0.39 is 7.92 Å². The monoisotopic (exact) mass is 361 g/mol. The van der Waals surface area contributed by atoms with E-state index in [1.54, 1.807) is 0 Å². The Balaban J connectivity index is 1.73. The predicted molar refractivity (Wildman–Crippen MR) is 112 cm³/mol. The number of benzene rings is 2. The van der Waals surface area contributed by atoms with Gasteiger partial charge in [0.25, 0.3) is 0 Å². The van der Waals surface area contributed by atoms with E-state index in [0.717, 1.165) is 12.3 Å². The van der Waals surface area contributed by atoms with Crippen molar-refractivity contribution in [1.29, 1.82) is 0 Å². The summed E-state index contributed by atoms with van der Waals surface area (Å²) < 4.78 is 6.01. The smallest absolute Gasteiger partial charge is 0.216 e. The Morgan fingerprint density at radius 1 is 0.923 bits per heavy atom. The maximum atomic E-state index is 6.01. The molecule has 0 spiro atoms. The van der Waals surface area contributed by atoms with Gasteiger partial charge >= 0.3 is 0 Å². The summed E-state index contributed by atoms with van der Waals surface area (Å²) in [7, 11) is -0.605. The van der Waals surface area contributed by atoms with Crippen LogP contribution in [0, 0.1) is 5.92 Å². The van der Waals surface area contributed by atoms with Crippen LogP contribution in [-0.2, 0) is 4.74 Å². The van der Waals surface area contributed by atoms with E-state index in [-0.39, 0.29) is 6.04 Å². The molecule has 2 aliphatic rings. The lowest BCUT2D eigenvalue weighted by molar-refractivity contribution is 0.291. The summed E-state index contributed by atoms with van der Waals surface area (Å²) >= 11 is 0. The number of rotatable bonds is 5. The summed E-state index contributed by atoms with van der Waals surface area (Å²) in [6, 6.07) is 21.9. The fraction of sp³-hybridized carbons (Fsp3) is 0.261. The third kappa shape index (κ3) is 3.39. The Hall–Kier alpha value is -2.18. The molecule has 132 valence electrons. The van der Waals surface area contributed by atoms with Crippen LogP contribution >= 0.6 is 7.92 Å². The molecule has 0 aromatic heterocycles. The average Bonchev–Trinajstić information content (AvgIpc) is 3.33. The van der Waals surface area contributed by atoms with Crippen molar-refractivity contribution in [3.05, 3.63) is 83.7 Å². The normalized spacial score (nSPS) is 19.4. The van der Waals surface area contributed by atoms with Gasteiger partial charge in [-0.3, -0.25) is 0 Å². The Kier molecular flexibility index (Phi) is 5.04. The molecule has 0 amide bonds. The molecule has 2 aromatic carbocycles. The van der Waals surface area contributed by atoms with Gasteiger partial charge in [0.05, 0.1) is 6.04 Å². The van der Waals surface area contributed by atoms with Gasteiger partial charge in [-0.25, -0.2) is 4.99 Å². The van der Waals surface area contributed by atoms with Gasteiger partial charge in [0.2, 0.25) is 5.90 Å². The third-order valence-corrected chi connectivity index (χ3v) is 7.39. The van der Waals surface area contributed by atoms with Crippen LogP contribution in [0.4, 0.5) is 0 Å². The molecule has 0 fully saturated rings. The lowest BCUT2D eigenvalue weighted by Crippen LogP contribution is -2.15. The maximum Gasteiger partial charge on any atom is 0.216 e. The molecule has 1 aliphatic carbocycles. The summed E-state index contributed by atoms with van der Waals surface area (Å²) in [5.74, 6) is 1.35. The molecule has 3 heteroatoms. The van der Waals surface area contributed by atoms with Crippen LogP contribution in [0.25, 0.3) is 0 Å². The molecule has 26 heavy (non-hydrogen) atoms. The summed E-state index contributed by atoms with van der Waals surface area (Å²) in [4.78, 5) is 4.89. The van der Waals surface area contributed by atoms with Crippen molar-refractivity contribution in [2.75, 3.05) is 6.61 Å². The first-order chi connectivity index (χ1) is 12.7. The van der Waals surface area contributed by atoms with Crippen molar-refractivity contribution < 1.29 is 4.74 Å². The number of aliphatic imine (C=N–C) groups is 1. The Labute approximate surface area is 157 Å². The molecular weight excluding hydrogens is 337 g/mol. The first kappa shape index (κ1) is 17.2. The zero-order valence-corrected chi connectivity index (χ0v) is 16.2. The zero-order chi connectivity index (χ0) is 17.9. The second-order valence-electron chi connectivity index (χ2n) is 7.01. The van der Waals surface area contributed by atoms with Crippen molar-refractivity contribution in [2.24, 2.45) is 10.9 Å². The molecule has 2 aromatic rings. The van der Waals surface area contributed by atoms with E-state index in [2.05, 4.69) is 86.7 Å². The topological polar surface area (TPSA) is 21.6 Å². The Morgan fingerprint density at radius 2 is 1.54 bits per heavy atom. The van der Waals surface area contributed by atoms with Crippen molar-refractivity contribution in [2.45, 2.75) is 26.3 Å². The summed E-state index contributed by atoms with van der Waals surface area (Å²) in [6.45, 7) is 5.12. The van der Waals surface area contributed by atoms with Crippen molar-refractivity contribution >= 4 is 24.4 Å². The highest BCUT2D eigenvalue weighted by molar-refractivity contribution is 7.77. The lowest BCUT2D eigenvalue weighted by Gasteiger charge is -2.22. The first-order valence-corrected chi connectivity index (χ1v) is 10.6. The largest absolute Gasteiger partial charge is 0.475 e. The molecule has 0 radical (unpaired) electrons. The van der Waals surface area contributed by atoms with Crippen LogP contribution in [0.15, 0.2) is 88.7 Å². The molecule has 1 aliphatic heterocycles. The van der Waals surface area contributed by atoms with Crippen LogP contribution < -0.4 is 10.6 Å². The van der Waals surface area contributed by atoms with Gasteiger partial charge in [-0.2, -0.15) is 0 Å². The predicted octanol–water partition coefficient (Wildman–Crippen LogP) is 4.79. The summed E-state index contributed by atoms with van der Waals surface area (Å²) in [5.41, 5.74) is 1.20. The molecule has 0 N–H and O–H groups in total. The number of ether oxygens (including phenoxy) is 1. The van der Waals surface area contributed by atoms with Crippen molar-refractivity contribution in [3.63, 3.8) is 0 Å². The SMILES string of the molecule is CC(C)[C@@H]1COC(C2=CCC=C2P(c2ccccc2)c2ccccc2)=N1. The molecule has 4 rings (SSSR count). The highest BCUT2D eigenvalue weighted by Gasteiger charge is 2.31. The van der Waals surface area contributed by atoms with Gasteiger partial charge in [0.15, 0.2) is 0 Å². The fourth-order valence-corrected chi connectivity index (χ4v) is 5.88. The van der Waals surface area contributed by atoms with Crippen molar-refractivity contribution in [3.8, 4) is 0 Å². The fourth-order valence-electron chi connectivity index (χ4n) is 3.37. The second kappa shape index (κ2) is 7.60. The van der Waals surface area contributed by atoms with E-state index in [1.165, 1.54) is 21.5 Å². The Morgan fingerprint density at radius 3 is 2.08 bits per heavy atom.